The van der Waals surface area contributed by atoms with E-state index in [-0.39, 0.29) is 11.7 Å². The van der Waals surface area contributed by atoms with Crippen molar-refractivity contribution in [2.24, 2.45) is 5.92 Å². The highest BCUT2D eigenvalue weighted by Crippen LogP contribution is 2.33. The molecule has 19 heavy (non-hydrogen) atoms. The molecule has 3 rings (SSSR count). The van der Waals surface area contributed by atoms with Crippen LogP contribution in [0.1, 0.15) is 13.3 Å². The van der Waals surface area contributed by atoms with Crippen molar-refractivity contribution in [3.05, 3.63) is 21.7 Å². The Hall–Kier alpha value is -1.67. The van der Waals surface area contributed by atoms with Gasteiger partial charge in [0.25, 0.3) is 4.96 Å². The number of β-amino-alcohol motifs (C(OH)–C–C–N with tert-alkyl or cyclic N) is 1. The average molecular weight is 282 g/mol. The van der Waals surface area contributed by atoms with Crippen LogP contribution in [0.3, 0.4) is 0 Å². The number of imidazole rings is 1. The van der Waals surface area contributed by atoms with Gasteiger partial charge in [-0.15, -0.1) is 0 Å². The third-order valence-electron chi connectivity index (χ3n) is 3.61. The van der Waals surface area contributed by atoms with Crippen LogP contribution >= 0.6 is 11.3 Å². The van der Waals surface area contributed by atoms with Gasteiger partial charge < -0.3 is 20.1 Å². The number of aromatic nitrogens is 2. The first-order valence-corrected chi connectivity index (χ1v) is 6.99. The molecule has 0 aliphatic carbocycles. The molecule has 0 bridgehead atoms. The summed E-state index contributed by atoms with van der Waals surface area (Å²) in [6, 6.07) is 0. The Morgan fingerprint density at radius 1 is 1.63 bits per heavy atom. The second kappa shape index (κ2) is 4.46. The highest BCUT2D eigenvalue weighted by Gasteiger charge is 2.32. The molecule has 3 heterocycles. The molecule has 0 spiro atoms. The van der Waals surface area contributed by atoms with E-state index in [0.29, 0.717) is 23.9 Å². The number of thiazole rings is 1. The highest BCUT2D eigenvalue weighted by atomic mass is 32.1. The lowest BCUT2D eigenvalue weighted by atomic mass is 9.96. The predicted octanol–water partition coefficient (Wildman–Crippen LogP) is 1.51. The zero-order valence-electron chi connectivity index (χ0n) is 10.4. The largest absolute Gasteiger partial charge is 0.391 e. The zero-order valence-corrected chi connectivity index (χ0v) is 11.2. The van der Waals surface area contributed by atoms with Gasteiger partial charge in [0.2, 0.25) is 5.82 Å². The molecule has 2 aromatic rings. The van der Waals surface area contributed by atoms with Gasteiger partial charge >= 0.3 is 5.82 Å². The number of aliphatic hydroxyl groups is 1. The summed E-state index contributed by atoms with van der Waals surface area (Å²) in [7, 11) is 0. The lowest BCUT2D eigenvalue weighted by Gasteiger charge is -2.33. The molecule has 0 radical (unpaired) electrons. The SMILES string of the molecule is CC1CCN(c2nc3sccn3c2[N+](=O)[O-])CC1O. The number of nitro groups is 1. The summed E-state index contributed by atoms with van der Waals surface area (Å²) in [6.45, 7) is 3.07. The molecular weight excluding hydrogens is 268 g/mol. The fourth-order valence-electron chi connectivity index (χ4n) is 2.39. The molecule has 1 aliphatic heterocycles. The van der Waals surface area contributed by atoms with Crippen molar-refractivity contribution in [2.75, 3.05) is 18.0 Å². The van der Waals surface area contributed by atoms with Crippen LogP contribution in [-0.4, -0.2) is 38.6 Å². The van der Waals surface area contributed by atoms with Crippen LogP contribution in [0, 0.1) is 16.0 Å². The monoisotopic (exact) mass is 282 g/mol. The number of rotatable bonds is 2. The lowest BCUT2D eigenvalue weighted by Crippen LogP contribution is -2.43. The summed E-state index contributed by atoms with van der Waals surface area (Å²) in [6.07, 6.45) is 1.99. The van der Waals surface area contributed by atoms with Crippen LogP contribution < -0.4 is 4.90 Å². The van der Waals surface area contributed by atoms with E-state index in [1.54, 1.807) is 11.6 Å². The van der Waals surface area contributed by atoms with E-state index >= 15 is 0 Å². The van der Waals surface area contributed by atoms with Crippen molar-refractivity contribution >= 4 is 27.9 Å². The average Bonchev–Trinajstić information content (AvgIpc) is 2.91. The summed E-state index contributed by atoms with van der Waals surface area (Å²) in [5.41, 5.74) is 0. The quantitative estimate of drug-likeness (QED) is 0.666. The number of fused-ring (bicyclic) bond motifs is 1. The second-order valence-corrected chi connectivity index (χ2v) is 5.72. The fraction of sp³-hybridized carbons (Fsp3) is 0.545. The van der Waals surface area contributed by atoms with Gasteiger partial charge in [-0.2, -0.15) is 9.38 Å². The summed E-state index contributed by atoms with van der Waals surface area (Å²) >= 11 is 1.36. The van der Waals surface area contributed by atoms with Crippen LogP contribution in [0.2, 0.25) is 0 Å². The van der Waals surface area contributed by atoms with Gasteiger partial charge in [0.15, 0.2) is 0 Å². The Labute approximate surface area is 113 Å². The minimum Gasteiger partial charge on any atom is -0.391 e. The van der Waals surface area contributed by atoms with E-state index in [2.05, 4.69) is 4.98 Å². The standard InChI is InChI=1S/C11H14N4O3S/c1-7-2-3-13(6-8(7)16)9-10(15(17)18)14-4-5-19-11(14)12-9/h4-5,7-8,16H,2-3,6H2,1H3. The minimum absolute atomic E-state index is 0.0157. The first-order valence-electron chi connectivity index (χ1n) is 6.11. The number of nitrogens with zero attached hydrogens (tertiary/aromatic N) is 4. The smallest absolute Gasteiger partial charge is 0.373 e. The Kier molecular flexibility index (Phi) is 2.90. The third kappa shape index (κ3) is 1.96. The molecule has 0 aromatic carbocycles. The van der Waals surface area contributed by atoms with Crippen LogP contribution in [0.25, 0.3) is 4.96 Å². The molecule has 7 nitrogen and oxygen atoms in total. The van der Waals surface area contributed by atoms with E-state index in [0.717, 1.165) is 6.42 Å². The fourth-order valence-corrected chi connectivity index (χ4v) is 3.09. The second-order valence-electron chi connectivity index (χ2n) is 4.85. The molecule has 8 heteroatoms. The Bertz CT molecular complexity index is 623. The van der Waals surface area contributed by atoms with Crippen LogP contribution in [-0.2, 0) is 0 Å². The van der Waals surface area contributed by atoms with Gasteiger partial charge in [0, 0.05) is 18.5 Å². The molecule has 2 atom stereocenters. The maximum atomic E-state index is 11.2. The normalized spacial score (nSPS) is 24.0. The number of hydrogen-bond donors (Lipinski definition) is 1. The number of piperidine rings is 1. The van der Waals surface area contributed by atoms with Gasteiger partial charge in [-0.25, -0.2) is 0 Å². The van der Waals surface area contributed by atoms with E-state index in [1.807, 2.05) is 11.8 Å². The first kappa shape index (κ1) is 12.4. The van der Waals surface area contributed by atoms with Crippen molar-refractivity contribution in [1.29, 1.82) is 0 Å². The molecule has 1 N–H and O–H groups in total. The molecule has 1 aliphatic rings. The van der Waals surface area contributed by atoms with Crippen molar-refractivity contribution in [3.63, 3.8) is 0 Å². The maximum Gasteiger partial charge on any atom is 0.373 e. The van der Waals surface area contributed by atoms with Crippen molar-refractivity contribution in [3.8, 4) is 0 Å². The molecule has 0 saturated carbocycles. The Balaban J connectivity index is 2.02. The van der Waals surface area contributed by atoms with Crippen molar-refractivity contribution in [1.82, 2.24) is 9.38 Å². The highest BCUT2D eigenvalue weighted by molar-refractivity contribution is 7.15. The molecule has 2 aromatic heterocycles. The first-order chi connectivity index (χ1) is 9.08. The maximum absolute atomic E-state index is 11.2. The number of anilines is 1. The van der Waals surface area contributed by atoms with E-state index in [1.165, 1.54) is 15.7 Å². The summed E-state index contributed by atoms with van der Waals surface area (Å²) in [4.78, 5) is 17.6. The molecule has 2 unspecified atom stereocenters. The van der Waals surface area contributed by atoms with Gasteiger partial charge in [0.05, 0.1) is 6.10 Å². The van der Waals surface area contributed by atoms with Gasteiger partial charge in [-0.05, 0) is 17.3 Å². The molecule has 1 saturated heterocycles. The zero-order chi connectivity index (χ0) is 13.6. The van der Waals surface area contributed by atoms with Gasteiger partial charge in [-0.1, -0.05) is 18.3 Å². The number of hydrogen-bond acceptors (Lipinski definition) is 6. The number of aliphatic hydroxyl groups excluding tert-OH is 1. The van der Waals surface area contributed by atoms with Gasteiger partial charge in [-0.3, -0.25) is 0 Å². The lowest BCUT2D eigenvalue weighted by molar-refractivity contribution is -0.389. The molecule has 1 fully saturated rings. The Morgan fingerprint density at radius 3 is 3.11 bits per heavy atom. The summed E-state index contributed by atoms with van der Waals surface area (Å²) < 4.78 is 1.49. The Morgan fingerprint density at radius 2 is 2.42 bits per heavy atom. The van der Waals surface area contributed by atoms with E-state index in [4.69, 9.17) is 0 Å². The minimum atomic E-state index is -0.465. The van der Waals surface area contributed by atoms with Crippen molar-refractivity contribution in [2.45, 2.75) is 19.4 Å². The molecular formula is C11H14N4O3S. The van der Waals surface area contributed by atoms with E-state index < -0.39 is 11.0 Å². The van der Waals surface area contributed by atoms with Crippen LogP contribution in [0.4, 0.5) is 11.6 Å². The van der Waals surface area contributed by atoms with Gasteiger partial charge in [0.1, 0.15) is 6.20 Å². The van der Waals surface area contributed by atoms with E-state index in [9.17, 15) is 15.2 Å². The van der Waals surface area contributed by atoms with Crippen LogP contribution in [0.15, 0.2) is 11.6 Å². The molecule has 102 valence electrons. The predicted molar refractivity (Wildman–Crippen MR) is 71.7 cm³/mol. The topological polar surface area (TPSA) is 83.9 Å². The summed E-state index contributed by atoms with van der Waals surface area (Å²) in [5, 5.41) is 22.9. The third-order valence-corrected chi connectivity index (χ3v) is 4.37. The molecule has 0 amide bonds. The summed E-state index contributed by atoms with van der Waals surface area (Å²) in [5.74, 6) is 0.569. The van der Waals surface area contributed by atoms with Crippen molar-refractivity contribution < 1.29 is 10.0 Å². The van der Waals surface area contributed by atoms with Crippen LogP contribution in [0.5, 0.6) is 0 Å².